The highest BCUT2D eigenvalue weighted by Gasteiger charge is 2.39. The van der Waals surface area contributed by atoms with Gasteiger partial charge in [-0.05, 0) is 50.8 Å². The number of hydrogen-bond donors (Lipinski definition) is 1. The van der Waals surface area contributed by atoms with Crippen molar-refractivity contribution in [2.75, 3.05) is 4.90 Å². The molecule has 0 saturated carbocycles. The summed E-state index contributed by atoms with van der Waals surface area (Å²) in [5.41, 5.74) is 2.88. The molecule has 2 N–H and O–H groups in total. The molecular weight excluding hydrogens is 260 g/mol. The van der Waals surface area contributed by atoms with Gasteiger partial charge in [-0.15, -0.1) is 0 Å². The minimum atomic E-state index is 0.149. The van der Waals surface area contributed by atoms with Gasteiger partial charge in [-0.25, -0.2) is 0 Å². The molecule has 1 unspecified atom stereocenters. The van der Waals surface area contributed by atoms with Crippen molar-refractivity contribution in [3.63, 3.8) is 0 Å². The summed E-state index contributed by atoms with van der Waals surface area (Å²) in [6.45, 7) is 9.08. The highest BCUT2D eigenvalue weighted by Crippen LogP contribution is 2.51. The Hall–Kier alpha value is -0.320. The van der Waals surface area contributed by atoms with Crippen molar-refractivity contribution in [1.82, 2.24) is 0 Å². The Balaban J connectivity index is 2.45. The van der Waals surface area contributed by atoms with E-state index in [4.69, 9.17) is 5.14 Å². The van der Waals surface area contributed by atoms with Crippen molar-refractivity contribution in [2.45, 2.75) is 55.7 Å². The zero-order chi connectivity index (χ0) is 13.3. The molecule has 1 aromatic carbocycles. The number of benzene rings is 1. The van der Waals surface area contributed by atoms with Gasteiger partial charge in [0.15, 0.2) is 0 Å². The topological polar surface area (TPSA) is 29.3 Å². The molecule has 0 aliphatic carbocycles. The van der Waals surface area contributed by atoms with Crippen LogP contribution in [0.1, 0.15) is 39.2 Å². The number of para-hydroxylation sites is 1. The van der Waals surface area contributed by atoms with E-state index in [0.717, 1.165) is 0 Å². The first-order valence-corrected chi connectivity index (χ1v) is 8.24. The van der Waals surface area contributed by atoms with E-state index in [1.807, 2.05) is 11.8 Å². The van der Waals surface area contributed by atoms with Gasteiger partial charge in [-0.2, -0.15) is 0 Å². The maximum atomic E-state index is 5.90. The molecule has 0 radical (unpaired) electrons. The average molecular weight is 282 g/mol. The Morgan fingerprint density at radius 1 is 1.44 bits per heavy atom. The van der Waals surface area contributed by atoms with Crippen molar-refractivity contribution < 1.29 is 0 Å². The van der Waals surface area contributed by atoms with Gasteiger partial charge < -0.3 is 4.90 Å². The summed E-state index contributed by atoms with van der Waals surface area (Å²) in [4.78, 5) is 3.87. The fourth-order valence-corrected chi connectivity index (χ4v) is 5.00. The van der Waals surface area contributed by atoms with E-state index >= 15 is 0 Å². The first-order chi connectivity index (χ1) is 8.51. The predicted octanol–water partition coefficient (Wildman–Crippen LogP) is 4.38. The Morgan fingerprint density at radius 2 is 2.17 bits per heavy atom. The minimum Gasteiger partial charge on any atom is -0.343 e. The van der Waals surface area contributed by atoms with E-state index in [1.165, 1.54) is 40.9 Å². The highest BCUT2D eigenvalue weighted by atomic mass is 32.2. The van der Waals surface area contributed by atoms with Crippen LogP contribution in [-0.4, -0.2) is 10.2 Å². The molecule has 0 spiro atoms. The summed E-state index contributed by atoms with van der Waals surface area (Å²) >= 11 is 3.32. The molecule has 0 fully saturated rings. The van der Waals surface area contributed by atoms with Gasteiger partial charge in [0.2, 0.25) is 0 Å². The fraction of sp³-hybridized carbons (Fsp3) is 0.571. The quantitative estimate of drug-likeness (QED) is 0.830. The molecule has 0 saturated heterocycles. The number of rotatable bonds is 4. The van der Waals surface area contributed by atoms with Crippen LogP contribution >= 0.6 is 23.7 Å². The smallest absolute Gasteiger partial charge is 0.141 e. The average Bonchev–Trinajstić information content (AvgIpc) is 2.69. The van der Waals surface area contributed by atoms with E-state index in [0.29, 0.717) is 4.71 Å². The van der Waals surface area contributed by atoms with Gasteiger partial charge in [0.05, 0.1) is 5.69 Å². The molecule has 1 aliphatic heterocycles. The molecule has 0 bridgehead atoms. The van der Waals surface area contributed by atoms with Crippen LogP contribution in [0.2, 0.25) is 0 Å². The lowest BCUT2D eigenvalue weighted by atomic mass is 9.95. The number of thioether (sulfide) groups is 1. The molecule has 4 heteroatoms. The molecule has 2 rings (SSSR count). The van der Waals surface area contributed by atoms with Crippen LogP contribution in [-0.2, 0) is 0 Å². The Bertz CT molecular complexity index is 432. The molecule has 1 atom stereocenters. The largest absolute Gasteiger partial charge is 0.343 e. The van der Waals surface area contributed by atoms with Gasteiger partial charge in [-0.3, -0.25) is 5.14 Å². The molecule has 1 aliphatic rings. The third-order valence-corrected chi connectivity index (χ3v) is 5.57. The SMILES string of the molecule is CCCC(C)(C)N1c2c(C)cccc2SC1SN. The van der Waals surface area contributed by atoms with E-state index in [2.05, 4.69) is 50.8 Å². The van der Waals surface area contributed by atoms with Crippen molar-refractivity contribution in [3.8, 4) is 0 Å². The fourth-order valence-electron chi connectivity index (χ4n) is 2.71. The van der Waals surface area contributed by atoms with Crippen LogP contribution in [0.15, 0.2) is 23.1 Å². The molecule has 100 valence electrons. The maximum absolute atomic E-state index is 5.90. The van der Waals surface area contributed by atoms with Crippen LogP contribution in [0, 0.1) is 6.92 Å². The van der Waals surface area contributed by atoms with Gasteiger partial charge >= 0.3 is 0 Å². The van der Waals surface area contributed by atoms with Crippen molar-refractivity contribution in [3.05, 3.63) is 23.8 Å². The zero-order valence-corrected chi connectivity index (χ0v) is 13.2. The first-order valence-electron chi connectivity index (χ1n) is 6.42. The van der Waals surface area contributed by atoms with Gasteiger partial charge in [0.1, 0.15) is 4.71 Å². The van der Waals surface area contributed by atoms with E-state index in [9.17, 15) is 0 Å². The second-order valence-corrected chi connectivity index (χ2v) is 7.55. The summed E-state index contributed by atoms with van der Waals surface area (Å²) in [5, 5.41) is 5.90. The summed E-state index contributed by atoms with van der Waals surface area (Å²) in [6.07, 6.45) is 2.37. The lowest BCUT2D eigenvalue weighted by Crippen LogP contribution is -2.46. The summed E-state index contributed by atoms with van der Waals surface area (Å²) in [7, 11) is 0. The molecule has 1 heterocycles. The minimum absolute atomic E-state index is 0.149. The molecule has 0 amide bonds. The Labute approximate surface area is 119 Å². The number of nitrogens with two attached hydrogens (primary N) is 1. The summed E-state index contributed by atoms with van der Waals surface area (Å²) in [6, 6.07) is 6.53. The van der Waals surface area contributed by atoms with Gasteiger partial charge in [0, 0.05) is 10.4 Å². The number of aryl methyl sites for hydroxylation is 1. The number of nitrogens with zero attached hydrogens (tertiary/aromatic N) is 1. The summed E-state index contributed by atoms with van der Waals surface area (Å²) < 4.78 is 0.294. The number of fused-ring (bicyclic) bond motifs is 1. The number of anilines is 1. The highest BCUT2D eigenvalue weighted by molar-refractivity contribution is 8.16. The lowest BCUT2D eigenvalue weighted by molar-refractivity contribution is 0.435. The Kier molecular flexibility index (Phi) is 4.19. The lowest BCUT2D eigenvalue weighted by Gasteiger charge is -2.41. The van der Waals surface area contributed by atoms with Crippen molar-refractivity contribution in [1.29, 1.82) is 0 Å². The van der Waals surface area contributed by atoms with E-state index < -0.39 is 0 Å². The van der Waals surface area contributed by atoms with Crippen LogP contribution < -0.4 is 10.0 Å². The van der Waals surface area contributed by atoms with E-state index in [-0.39, 0.29) is 5.54 Å². The molecule has 2 nitrogen and oxygen atoms in total. The van der Waals surface area contributed by atoms with Crippen LogP contribution in [0.25, 0.3) is 0 Å². The van der Waals surface area contributed by atoms with Crippen molar-refractivity contribution in [2.24, 2.45) is 5.14 Å². The summed E-state index contributed by atoms with van der Waals surface area (Å²) in [5.74, 6) is 0. The second-order valence-electron chi connectivity index (χ2n) is 5.42. The zero-order valence-electron chi connectivity index (χ0n) is 11.6. The van der Waals surface area contributed by atoms with E-state index in [1.54, 1.807) is 0 Å². The normalized spacial score (nSPS) is 19.2. The Morgan fingerprint density at radius 3 is 2.78 bits per heavy atom. The monoisotopic (exact) mass is 282 g/mol. The second kappa shape index (κ2) is 5.35. The predicted molar refractivity (Wildman–Crippen MR) is 84.1 cm³/mol. The third kappa shape index (κ3) is 2.38. The first kappa shape index (κ1) is 14.1. The molecule has 18 heavy (non-hydrogen) atoms. The van der Waals surface area contributed by atoms with Gasteiger partial charge in [-0.1, -0.05) is 37.2 Å². The third-order valence-electron chi connectivity index (χ3n) is 3.51. The van der Waals surface area contributed by atoms with Gasteiger partial charge in [0.25, 0.3) is 0 Å². The standard InChI is InChI=1S/C14H22N2S2/c1-5-9-14(3,4)16-12-10(2)7-6-8-11(12)17-13(16)18-15/h6-8,13H,5,9,15H2,1-4H3. The molecule has 0 aromatic heterocycles. The molecule has 1 aromatic rings. The van der Waals surface area contributed by atoms with Crippen LogP contribution in [0.3, 0.4) is 0 Å². The maximum Gasteiger partial charge on any atom is 0.141 e. The molecular formula is C14H22N2S2. The van der Waals surface area contributed by atoms with Crippen LogP contribution in [0.4, 0.5) is 5.69 Å². The van der Waals surface area contributed by atoms with Crippen LogP contribution in [0.5, 0.6) is 0 Å². The van der Waals surface area contributed by atoms with Crippen molar-refractivity contribution >= 4 is 29.4 Å². The number of hydrogen-bond acceptors (Lipinski definition) is 4.